The van der Waals surface area contributed by atoms with Gasteiger partial charge in [-0.3, -0.25) is 4.98 Å². The molecular weight excluding hydrogens is 350 g/mol. The van der Waals surface area contributed by atoms with Crippen LogP contribution in [0.2, 0.25) is 0 Å². The highest BCUT2D eigenvalue weighted by Gasteiger charge is 2.37. The van der Waals surface area contributed by atoms with Crippen LogP contribution in [0.15, 0.2) is 60.5 Å². The molecule has 0 spiro atoms. The van der Waals surface area contributed by atoms with E-state index in [9.17, 15) is 0 Å². The van der Waals surface area contributed by atoms with Crippen molar-refractivity contribution in [2.45, 2.75) is 59.8 Å². The van der Waals surface area contributed by atoms with Gasteiger partial charge in [-0.1, -0.05) is 64.1 Å². The van der Waals surface area contributed by atoms with Gasteiger partial charge >= 0.3 is 0 Å². The Hall–Kier alpha value is -2.67. The first kappa shape index (κ1) is 19.6. The van der Waals surface area contributed by atoms with Crippen molar-refractivity contribution in [1.29, 1.82) is 0 Å². The zero-order chi connectivity index (χ0) is 20.8. The Balaban J connectivity index is 0.000000994. The molecule has 2 aliphatic rings. The fourth-order valence-corrected chi connectivity index (χ4v) is 5.20. The van der Waals surface area contributed by atoms with Gasteiger partial charge in [0.25, 0.3) is 0 Å². The molecule has 0 radical (unpaired) electrons. The maximum atomic E-state index is 4.59. The van der Waals surface area contributed by atoms with Crippen molar-refractivity contribution in [2.75, 3.05) is 0 Å². The van der Waals surface area contributed by atoms with Crippen LogP contribution in [-0.4, -0.2) is 4.98 Å². The molecule has 0 saturated heterocycles. The number of hydrogen-bond acceptors (Lipinski definition) is 1. The lowest BCUT2D eigenvalue weighted by Crippen LogP contribution is -2.16. The fraction of sp³-hybridized carbons (Fsp3) is 0.321. The van der Waals surface area contributed by atoms with Crippen LogP contribution in [-0.2, 0) is 5.41 Å². The first-order valence-corrected chi connectivity index (χ1v) is 10.9. The Kier molecular flexibility index (Phi) is 4.94. The molecule has 1 heterocycles. The lowest BCUT2D eigenvalue weighted by molar-refractivity contribution is 0.666. The zero-order valence-corrected chi connectivity index (χ0v) is 18.6. The first-order chi connectivity index (χ1) is 14.0. The molecule has 5 rings (SSSR count). The van der Waals surface area contributed by atoms with E-state index in [2.05, 4.69) is 81.4 Å². The Morgan fingerprint density at radius 3 is 2.45 bits per heavy atom. The minimum atomic E-state index is -0.00588. The highest BCUT2D eigenvalue weighted by atomic mass is 14.6. The second-order valence-corrected chi connectivity index (χ2v) is 8.50. The predicted molar refractivity (Wildman–Crippen MR) is 126 cm³/mol. The monoisotopic (exact) mass is 381 g/mol. The normalized spacial score (nSPS) is 16.3. The van der Waals surface area contributed by atoms with Crippen molar-refractivity contribution < 1.29 is 0 Å². The summed E-state index contributed by atoms with van der Waals surface area (Å²) in [5, 5.41) is 2.70. The van der Waals surface area contributed by atoms with Crippen molar-refractivity contribution in [2.24, 2.45) is 0 Å². The van der Waals surface area contributed by atoms with E-state index in [4.69, 9.17) is 0 Å². The van der Waals surface area contributed by atoms with Gasteiger partial charge in [0.2, 0.25) is 0 Å². The average Bonchev–Trinajstić information content (AvgIpc) is 2.97. The highest BCUT2D eigenvalue weighted by molar-refractivity contribution is 6.05. The minimum absolute atomic E-state index is 0.00588. The quantitative estimate of drug-likeness (QED) is 0.416. The number of allylic oxidation sites excluding steroid dienone is 4. The van der Waals surface area contributed by atoms with E-state index in [1.165, 1.54) is 55.3 Å². The van der Waals surface area contributed by atoms with Crippen LogP contribution in [0.4, 0.5) is 0 Å². The number of pyridine rings is 1. The van der Waals surface area contributed by atoms with E-state index in [1.54, 1.807) is 0 Å². The molecule has 0 amide bonds. The number of hydrogen-bond donors (Lipinski definition) is 0. The molecule has 2 aromatic carbocycles. The Labute approximate surface area is 175 Å². The van der Waals surface area contributed by atoms with Crippen molar-refractivity contribution in [3.8, 4) is 11.1 Å². The molecule has 0 aliphatic heterocycles. The summed E-state index contributed by atoms with van der Waals surface area (Å²) in [6.07, 6.45) is 10.9. The van der Waals surface area contributed by atoms with Crippen molar-refractivity contribution >= 4 is 16.3 Å². The van der Waals surface area contributed by atoms with Gasteiger partial charge in [-0.25, -0.2) is 0 Å². The number of nitrogens with zero attached hydrogens (tertiary/aromatic N) is 1. The van der Waals surface area contributed by atoms with E-state index >= 15 is 0 Å². The van der Waals surface area contributed by atoms with Gasteiger partial charge in [-0.15, -0.1) is 0 Å². The van der Waals surface area contributed by atoms with Gasteiger partial charge in [0.05, 0.1) is 0 Å². The zero-order valence-electron chi connectivity index (χ0n) is 18.6. The number of fused-ring (bicyclic) bond motifs is 5. The molecule has 29 heavy (non-hydrogen) atoms. The van der Waals surface area contributed by atoms with Crippen LogP contribution in [0, 0.1) is 6.92 Å². The van der Waals surface area contributed by atoms with Crippen molar-refractivity contribution in [3.63, 3.8) is 0 Å². The summed E-state index contributed by atoms with van der Waals surface area (Å²) in [7, 11) is 0. The maximum absolute atomic E-state index is 4.59. The molecule has 0 N–H and O–H groups in total. The molecule has 148 valence electrons. The summed E-state index contributed by atoms with van der Waals surface area (Å²) in [6, 6.07) is 11.4. The molecule has 1 nitrogen and oxygen atoms in total. The molecule has 0 fully saturated rings. The van der Waals surface area contributed by atoms with Crippen LogP contribution < -0.4 is 0 Å². The van der Waals surface area contributed by atoms with Gasteiger partial charge in [0.15, 0.2) is 0 Å². The van der Waals surface area contributed by atoms with Crippen LogP contribution in [0.25, 0.3) is 27.5 Å². The van der Waals surface area contributed by atoms with Crippen molar-refractivity contribution in [3.05, 3.63) is 82.7 Å². The molecular formula is C28H31N. The average molecular weight is 382 g/mol. The molecule has 1 aromatic heterocycles. The van der Waals surface area contributed by atoms with Crippen LogP contribution >= 0.6 is 0 Å². The third kappa shape index (κ3) is 2.87. The van der Waals surface area contributed by atoms with Gasteiger partial charge in [0, 0.05) is 23.2 Å². The van der Waals surface area contributed by atoms with E-state index in [0.29, 0.717) is 0 Å². The van der Waals surface area contributed by atoms with Crippen LogP contribution in [0.5, 0.6) is 0 Å². The van der Waals surface area contributed by atoms with Crippen LogP contribution in [0.3, 0.4) is 0 Å². The lowest BCUT2D eigenvalue weighted by atomic mass is 9.78. The number of aryl methyl sites for hydroxylation is 1. The molecule has 2 aliphatic carbocycles. The maximum Gasteiger partial charge on any atom is 0.0350 e. The summed E-state index contributed by atoms with van der Waals surface area (Å²) in [6.45, 7) is 13.2. The second-order valence-electron chi connectivity index (χ2n) is 8.50. The molecule has 1 heteroatoms. The Morgan fingerprint density at radius 2 is 1.69 bits per heavy atom. The molecule has 0 bridgehead atoms. The first-order valence-electron chi connectivity index (χ1n) is 10.9. The molecule has 3 aromatic rings. The van der Waals surface area contributed by atoms with E-state index in [0.717, 1.165) is 12.8 Å². The number of benzene rings is 2. The standard InChI is InChI=1S/C26H25N.C2H6/c1-16-9-5-6-10-18(16)20-13-21-19-11-7-8-12-23(19)26(3,4)25(21)22-15-27-14-17(2)24(20)22;1-2/h5,7-9,11-15H,6,10H2,1-4H3;1-2H3. The largest absolute Gasteiger partial charge is 0.264 e. The van der Waals surface area contributed by atoms with E-state index < -0.39 is 0 Å². The summed E-state index contributed by atoms with van der Waals surface area (Å²) < 4.78 is 0. The van der Waals surface area contributed by atoms with E-state index in [-0.39, 0.29) is 5.41 Å². The van der Waals surface area contributed by atoms with Gasteiger partial charge < -0.3 is 0 Å². The third-order valence-electron chi connectivity index (χ3n) is 6.48. The SMILES string of the molecule is CC.CC1=C(c2cc3c(c4cncc(C)c24)C(C)(C)c2ccccc2-3)CCC=C1. The Bertz CT molecular complexity index is 1160. The molecule has 0 saturated carbocycles. The third-order valence-corrected chi connectivity index (χ3v) is 6.48. The van der Waals surface area contributed by atoms with E-state index in [1.807, 2.05) is 20.0 Å². The van der Waals surface area contributed by atoms with Crippen LogP contribution in [0.1, 0.15) is 69.7 Å². The van der Waals surface area contributed by atoms with Gasteiger partial charge in [-0.05, 0) is 82.7 Å². The molecule has 0 atom stereocenters. The minimum Gasteiger partial charge on any atom is -0.264 e. The Morgan fingerprint density at radius 1 is 0.931 bits per heavy atom. The summed E-state index contributed by atoms with van der Waals surface area (Å²) in [4.78, 5) is 4.59. The van der Waals surface area contributed by atoms with Gasteiger partial charge in [-0.2, -0.15) is 0 Å². The lowest BCUT2D eigenvalue weighted by Gasteiger charge is -2.25. The van der Waals surface area contributed by atoms with Crippen molar-refractivity contribution in [1.82, 2.24) is 4.98 Å². The summed E-state index contributed by atoms with van der Waals surface area (Å²) in [5.41, 5.74) is 11.2. The smallest absolute Gasteiger partial charge is 0.0350 e. The molecule has 0 unspecified atom stereocenters. The topological polar surface area (TPSA) is 12.9 Å². The predicted octanol–water partition coefficient (Wildman–Crippen LogP) is 8.00. The summed E-state index contributed by atoms with van der Waals surface area (Å²) in [5.74, 6) is 0. The fourth-order valence-electron chi connectivity index (χ4n) is 5.20. The number of aromatic nitrogens is 1. The number of rotatable bonds is 1. The highest BCUT2D eigenvalue weighted by Crippen LogP contribution is 2.53. The van der Waals surface area contributed by atoms with Gasteiger partial charge in [0.1, 0.15) is 0 Å². The second kappa shape index (κ2) is 7.30. The summed E-state index contributed by atoms with van der Waals surface area (Å²) >= 11 is 0.